The van der Waals surface area contributed by atoms with Crippen molar-refractivity contribution < 1.29 is 14.3 Å². The predicted molar refractivity (Wildman–Crippen MR) is 56.3 cm³/mol. The Morgan fingerprint density at radius 3 is 2.53 bits per heavy atom. The number of carbonyl (C=O) groups is 1. The van der Waals surface area contributed by atoms with Crippen LogP contribution in [-0.4, -0.2) is 24.8 Å². The summed E-state index contributed by atoms with van der Waals surface area (Å²) in [6, 6.07) is 0. The Kier molecular flexibility index (Phi) is 2.16. The van der Waals surface area contributed by atoms with E-state index in [9.17, 15) is 4.79 Å². The van der Waals surface area contributed by atoms with Crippen LogP contribution in [0.2, 0.25) is 0 Å². The second-order valence-electron chi connectivity index (χ2n) is 5.70. The molecule has 0 radical (unpaired) electrons. The highest BCUT2D eigenvalue weighted by molar-refractivity contribution is 5.76. The number of carbonyl (C=O) groups excluding carboxylic acids is 1. The summed E-state index contributed by atoms with van der Waals surface area (Å²) in [4.78, 5) is 11.9. The van der Waals surface area contributed by atoms with Crippen LogP contribution in [0.4, 0.5) is 0 Å². The monoisotopic (exact) mass is 212 g/mol. The fraction of sp³-hybridized carbons (Fsp3) is 0.917. The van der Waals surface area contributed by atoms with E-state index in [1.807, 2.05) is 6.92 Å². The Balaban J connectivity index is 2.33. The molecule has 0 N–H and O–H groups in total. The van der Waals surface area contributed by atoms with Crippen molar-refractivity contribution in [2.24, 2.45) is 17.3 Å². The molecule has 4 atom stereocenters. The van der Waals surface area contributed by atoms with Crippen LogP contribution in [0.5, 0.6) is 0 Å². The quantitative estimate of drug-likeness (QED) is 0.493. The minimum Gasteiger partial charge on any atom is -0.469 e. The molecule has 0 spiro atoms. The van der Waals surface area contributed by atoms with Gasteiger partial charge in [0.25, 0.3) is 0 Å². The van der Waals surface area contributed by atoms with E-state index in [1.54, 1.807) is 0 Å². The number of rotatable bonds is 1. The van der Waals surface area contributed by atoms with Gasteiger partial charge in [-0.3, -0.25) is 4.79 Å². The fourth-order valence-corrected chi connectivity index (χ4v) is 3.11. The standard InChI is InChI=1S/C12H20O3/c1-7-6-8-12(4,15-8)9(10(13)14-5)11(7,2)3/h7-9H,6H2,1-5H3/t7-,8-,9-,12-/m1/s1. The predicted octanol–water partition coefficient (Wildman–Crippen LogP) is 2.00. The van der Waals surface area contributed by atoms with Gasteiger partial charge in [-0.1, -0.05) is 20.8 Å². The smallest absolute Gasteiger partial charge is 0.312 e. The highest BCUT2D eigenvalue weighted by Gasteiger charge is 2.69. The first kappa shape index (κ1) is 10.9. The van der Waals surface area contributed by atoms with Crippen molar-refractivity contribution >= 4 is 5.97 Å². The molecule has 0 bridgehead atoms. The molecule has 3 nitrogen and oxygen atoms in total. The molecule has 1 aliphatic carbocycles. The SMILES string of the molecule is COC(=O)[C@@H]1C(C)(C)[C@H](C)C[C@H]2O[C@@]12C. The molecule has 1 saturated heterocycles. The third kappa shape index (κ3) is 1.32. The summed E-state index contributed by atoms with van der Waals surface area (Å²) in [7, 11) is 1.46. The zero-order valence-corrected chi connectivity index (χ0v) is 10.2. The molecule has 0 aromatic rings. The number of fused-ring (bicyclic) bond motifs is 1. The average molecular weight is 212 g/mol. The molecule has 1 aliphatic heterocycles. The van der Waals surface area contributed by atoms with Crippen LogP contribution < -0.4 is 0 Å². The average Bonchev–Trinajstić information content (AvgIpc) is 2.75. The first-order chi connectivity index (χ1) is 6.84. The molecular formula is C12H20O3. The molecule has 3 heteroatoms. The van der Waals surface area contributed by atoms with Crippen LogP contribution in [0.25, 0.3) is 0 Å². The van der Waals surface area contributed by atoms with Gasteiger partial charge in [0.2, 0.25) is 0 Å². The van der Waals surface area contributed by atoms with Gasteiger partial charge in [0.1, 0.15) is 5.60 Å². The zero-order chi connectivity index (χ0) is 11.4. The minimum absolute atomic E-state index is 0.0468. The van der Waals surface area contributed by atoms with Crippen LogP contribution in [0.1, 0.15) is 34.1 Å². The maximum absolute atomic E-state index is 11.9. The number of hydrogen-bond donors (Lipinski definition) is 0. The molecule has 2 aliphatic rings. The Bertz CT molecular complexity index is 297. The Morgan fingerprint density at radius 2 is 2.00 bits per heavy atom. The summed E-state index contributed by atoms with van der Waals surface area (Å²) in [5.41, 5.74) is -0.321. The molecule has 0 aromatic heterocycles. The van der Waals surface area contributed by atoms with Gasteiger partial charge in [0, 0.05) is 0 Å². The Hall–Kier alpha value is -0.570. The van der Waals surface area contributed by atoms with Gasteiger partial charge in [-0.2, -0.15) is 0 Å². The Labute approximate surface area is 91.1 Å². The van der Waals surface area contributed by atoms with Gasteiger partial charge < -0.3 is 9.47 Å². The molecule has 1 heterocycles. The van der Waals surface area contributed by atoms with Crippen molar-refractivity contribution in [1.29, 1.82) is 0 Å². The summed E-state index contributed by atoms with van der Waals surface area (Å²) in [5.74, 6) is 0.225. The first-order valence-electron chi connectivity index (χ1n) is 5.59. The summed E-state index contributed by atoms with van der Waals surface area (Å²) in [6.45, 7) is 8.51. The van der Waals surface area contributed by atoms with Crippen molar-refractivity contribution in [1.82, 2.24) is 0 Å². The summed E-state index contributed by atoms with van der Waals surface area (Å²) in [5, 5.41) is 0. The number of methoxy groups -OCH3 is 1. The van der Waals surface area contributed by atoms with E-state index in [1.165, 1.54) is 7.11 Å². The van der Waals surface area contributed by atoms with Crippen LogP contribution in [-0.2, 0) is 14.3 Å². The number of epoxide rings is 1. The van der Waals surface area contributed by atoms with Gasteiger partial charge in [-0.05, 0) is 24.7 Å². The summed E-state index contributed by atoms with van der Waals surface area (Å²) < 4.78 is 10.6. The molecule has 2 rings (SSSR count). The molecule has 0 aromatic carbocycles. The lowest BCUT2D eigenvalue weighted by Crippen LogP contribution is -2.49. The third-order valence-corrected chi connectivity index (χ3v) is 4.57. The van der Waals surface area contributed by atoms with Gasteiger partial charge in [-0.25, -0.2) is 0 Å². The van der Waals surface area contributed by atoms with E-state index in [0.29, 0.717) is 5.92 Å². The van der Waals surface area contributed by atoms with E-state index in [-0.39, 0.29) is 29.0 Å². The van der Waals surface area contributed by atoms with E-state index >= 15 is 0 Å². The summed E-state index contributed by atoms with van der Waals surface area (Å²) >= 11 is 0. The van der Waals surface area contributed by atoms with Crippen LogP contribution in [0, 0.1) is 17.3 Å². The third-order valence-electron chi connectivity index (χ3n) is 4.57. The summed E-state index contributed by atoms with van der Waals surface area (Å²) in [6.07, 6.45) is 1.31. The van der Waals surface area contributed by atoms with Crippen molar-refractivity contribution in [3.05, 3.63) is 0 Å². The van der Waals surface area contributed by atoms with Crippen molar-refractivity contribution in [2.45, 2.75) is 45.8 Å². The largest absolute Gasteiger partial charge is 0.469 e. The van der Waals surface area contributed by atoms with Gasteiger partial charge in [0.15, 0.2) is 0 Å². The molecule has 0 unspecified atom stereocenters. The van der Waals surface area contributed by atoms with Gasteiger partial charge in [-0.15, -0.1) is 0 Å². The highest BCUT2D eigenvalue weighted by atomic mass is 16.6. The van der Waals surface area contributed by atoms with E-state index in [0.717, 1.165) is 6.42 Å². The maximum Gasteiger partial charge on any atom is 0.312 e. The van der Waals surface area contributed by atoms with Gasteiger partial charge >= 0.3 is 5.97 Å². The van der Waals surface area contributed by atoms with Crippen LogP contribution in [0.15, 0.2) is 0 Å². The number of ether oxygens (including phenoxy) is 2. The molecule has 86 valence electrons. The van der Waals surface area contributed by atoms with Crippen LogP contribution >= 0.6 is 0 Å². The Morgan fingerprint density at radius 1 is 1.40 bits per heavy atom. The molecule has 15 heavy (non-hydrogen) atoms. The van der Waals surface area contributed by atoms with Gasteiger partial charge in [0.05, 0.1) is 19.1 Å². The van der Waals surface area contributed by atoms with E-state index in [4.69, 9.17) is 9.47 Å². The van der Waals surface area contributed by atoms with Crippen LogP contribution in [0.3, 0.4) is 0 Å². The van der Waals surface area contributed by atoms with Crippen molar-refractivity contribution in [3.8, 4) is 0 Å². The molecule has 2 fully saturated rings. The van der Waals surface area contributed by atoms with E-state index < -0.39 is 0 Å². The molecule has 0 amide bonds. The van der Waals surface area contributed by atoms with E-state index in [2.05, 4.69) is 20.8 Å². The highest BCUT2D eigenvalue weighted by Crippen LogP contribution is 2.60. The second kappa shape index (κ2) is 2.97. The van der Waals surface area contributed by atoms with Crippen molar-refractivity contribution in [2.75, 3.05) is 7.11 Å². The normalized spacial score (nSPS) is 46.9. The first-order valence-corrected chi connectivity index (χ1v) is 5.59. The second-order valence-corrected chi connectivity index (χ2v) is 5.70. The lowest BCUT2D eigenvalue weighted by molar-refractivity contribution is -0.155. The fourth-order valence-electron chi connectivity index (χ4n) is 3.11. The molecular weight excluding hydrogens is 192 g/mol. The lowest BCUT2D eigenvalue weighted by atomic mass is 9.59. The lowest BCUT2D eigenvalue weighted by Gasteiger charge is -2.43. The maximum atomic E-state index is 11.9. The molecule has 1 saturated carbocycles. The minimum atomic E-state index is -0.275. The number of esters is 1. The topological polar surface area (TPSA) is 38.8 Å². The zero-order valence-electron chi connectivity index (χ0n) is 10.2. The van der Waals surface area contributed by atoms with Crippen molar-refractivity contribution in [3.63, 3.8) is 0 Å². The number of hydrogen-bond acceptors (Lipinski definition) is 3.